The van der Waals surface area contributed by atoms with Crippen LogP contribution in [0.15, 0.2) is 30.3 Å². The molecule has 2 aromatic carbocycles. The van der Waals surface area contributed by atoms with E-state index in [1.807, 2.05) is 6.92 Å². The molecule has 0 saturated heterocycles. The Balaban J connectivity index is 1.84. The number of hydrogen-bond acceptors (Lipinski definition) is 4. The maximum absolute atomic E-state index is 12.1. The Labute approximate surface area is 176 Å². The maximum Gasteiger partial charge on any atom is 0.234 e. The number of carbonyl (C=O) groups excluding carboxylic acids is 2. The minimum Gasteiger partial charge on any atom is -0.495 e. The van der Waals surface area contributed by atoms with Gasteiger partial charge in [-0.1, -0.05) is 34.8 Å². The number of ether oxygens (including phenoxy) is 1. The van der Waals surface area contributed by atoms with Crippen molar-refractivity contribution in [2.75, 3.05) is 29.2 Å². The Morgan fingerprint density at radius 1 is 0.963 bits per heavy atom. The zero-order valence-electron chi connectivity index (χ0n) is 14.6. The van der Waals surface area contributed by atoms with Crippen LogP contribution in [0, 0.1) is 6.92 Å². The van der Waals surface area contributed by atoms with E-state index in [0.29, 0.717) is 32.2 Å². The number of benzene rings is 2. The first-order valence-corrected chi connectivity index (χ1v) is 10.0. The number of anilines is 2. The van der Waals surface area contributed by atoms with Gasteiger partial charge in [0.1, 0.15) is 5.75 Å². The molecule has 0 unspecified atom stereocenters. The summed E-state index contributed by atoms with van der Waals surface area (Å²) in [5.41, 5.74) is 1.85. The molecule has 0 fully saturated rings. The van der Waals surface area contributed by atoms with Crippen molar-refractivity contribution in [1.29, 1.82) is 0 Å². The van der Waals surface area contributed by atoms with Crippen molar-refractivity contribution in [1.82, 2.24) is 0 Å². The van der Waals surface area contributed by atoms with Gasteiger partial charge in [0.15, 0.2) is 0 Å². The minimum atomic E-state index is -0.258. The van der Waals surface area contributed by atoms with E-state index in [2.05, 4.69) is 10.6 Å². The van der Waals surface area contributed by atoms with Gasteiger partial charge >= 0.3 is 0 Å². The van der Waals surface area contributed by atoms with Crippen LogP contribution in [0.2, 0.25) is 15.1 Å². The Kier molecular flexibility index (Phi) is 8.10. The van der Waals surface area contributed by atoms with E-state index < -0.39 is 0 Å². The Morgan fingerprint density at radius 3 is 2.15 bits per heavy atom. The van der Waals surface area contributed by atoms with Crippen LogP contribution in [0.25, 0.3) is 0 Å². The molecule has 0 aromatic heterocycles. The number of methoxy groups -OCH3 is 1. The average Bonchev–Trinajstić information content (AvgIpc) is 2.56. The molecule has 27 heavy (non-hydrogen) atoms. The summed E-state index contributed by atoms with van der Waals surface area (Å²) < 4.78 is 5.22. The molecule has 0 spiro atoms. The fraction of sp³-hybridized carbons (Fsp3) is 0.222. The molecule has 0 aliphatic rings. The van der Waals surface area contributed by atoms with Crippen LogP contribution in [0.5, 0.6) is 5.75 Å². The second-order valence-corrected chi connectivity index (χ2v) is 7.81. The third kappa shape index (κ3) is 6.81. The summed E-state index contributed by atoms with van der Waals surface area (Å²) in [5.74, 6) is 0.173. The fourth-order valence-corrected chi connectivity index (χ4v) is 3.47. The molecule has 0 saturated carbocycles. The summed E-state index contributed by atoms with van der Waals surface area (Å²) in [7, 11) is 1.50. The quantitative estimate of drug-likeness (QED) is 0.606. The van der Waals surface area contributed by atoms with Gasteiger partial charge in [0.25, 0.3) is 0 Å². The summed E-state index contributed by atoms with van der Waals surface area (Å²) in [4.78, 5) is 24.1. The smallest absolute Gasteiger partial charge is 0.234 e. The molecule has 0 radical (unpaired) electrons. The highest BCUT2D eigenvalue weighted by Gasteiger charge is 2.12. The summed E-state index contributed by atoms with van der Waals surface area (Å²) in [6.07, 6.45) is 0. The molecule has 2 rings (SSSR count). The standard InChI is InChI=1S/C18H17Cl3N2O3S/c1-10-3-15(16(26-2)7-14(10)21)23-18(25)9-27-8-17(24)22-13-5-11(19)4-12(20)6-13/h3-7H,8-9H2,1-2H3,(H,22,24)(H,23,25). The van der Waals surface area contributed by atoms with Crippen LogP contribution in [-0.2, 0) is 9.59 Å². The highest BCUT2D eigenvalue weighted by Crippen LogP contribution is 2.31. The van der Waals surface area contributed by atoms with E-state index in [1.165, 1.54) is 18.9 Å². The number of carbonyl (C=O) groups is 2. The van der Waals surface area contributed by atoms with Gasteiger partial charge in [0, 0.05) is 26.8 Å². The average molecular weight is 448 g/mol. The first kappa shape index (κ1) is 21.7. The topological polar surface area (TPSA) is 67.4 Å². The lowest BCUT2D eigenvalue weighted by Crippen LogP contribution is -2.18. The Bertz CT molecular complexity index is 842. The van der Waals surface area contributed by atoms with Crippen LogP contribution in [0.3, 0.4) is 0 Å². The number of aryl methyl sites for hydroxylation is 1. The normalized spacial score (nSPS) is 10.4. The van der Waals surface area contributed by atoms with Crippen molar-refractivity contribution in [3.05, 3.63) is 51.0 Å². The highest BCUT2D eigenvalue weighted by molar-refractivity contribution is 8.00. The van der Waals surface area contributed by atoms with E-state index in [9.17, 15) is 9.59 Å². The number of nitrogens with one attached hydrogen (secondary N) is 2. The number of hydrogen-bond donors (Lipinski definition) is 2. The van der Waals surface area contributed by atoms with Crippen LogP contribution in [-0.4, -0.2) is 30.4 Å². The molecule has 0 bridgehead atoms. The zero-order chi connectivity index (χ0) is 20.0. The van der Waals surface area contributed by atoms with Gasteiger partial charge in [0.05, 0.1) is 24.3 Å². The van der Waals surface area contributed by atoms with Gasteiger partial charge in [-0.15, -0.1) is 11.8 Å². The van der Waals surface area contributed by atoms with Crippen LogP contribution >= 0.6 is 46.6 Å². The second-order valence-electron chi connectivity index (χ2n) is 5.55. The van der Waals surface area contributed by atoms with Crippen molar-refractivity contribution >= 4 is 69.8 Å². The number of halogens is 3. The summed E-state index contributed by atoms with van der Waals surface area (Å²) in [5, 5.41) is 6.85. The predicted octanol–water partition coefficient (Wildman–Crippen LogP) is 5.27. The maximum atomic E-state index is 12.1. The molecule has 0 aliphatic carbocycles. The van der Waals surface area contributed by atoms with Gasteiger partial charge in [-0.2, -0.15) is 0 Å². The summed E-state index contributed by atoms with van der Waals surface area (Å²) in [6, 6.07) is 8.14. The zero-order valence-corrected chi connectivity index (χ0v) is 17.7. The van der Waals surface area contributed by atoms with E-state index in [0.717, 1.165) is 5.56 Å². The van der Waals surface area contributed by atoms with Gasteiger partial charge in [0.2, 0.25) is 11.8 Å². The molecule has 2 N–H and O–H groups in total. The predicted molar refractivity (Wildman–Crippen MR) is 114 cm³/mol. The lowest BCUT2D eigenvalue weighted by Gasteiger charge is -2.12. The van der Waals surface area contributed by atoms with Gasteiger partial charge < -0.3 is 15.4 Å². The first-order valence-electron chi connectivity index (χ1n) is 7.76. The molecule has 2 aromatic rings. The lowest BCUT2D eigenvalue weighted by molar-refractivity contribution is -0.114. The van der Waals surface area contributed by atoms with Crippen molar-refractivity contribution in [3.8, 4) is 5.75 Å². The molecule has 9 heteroatoms. The molecule has 5 nitrogen and oxygen atoms in total. The van der Waals surface area contributed by atoms with Gasteiger partial charge in [-0.05, 0) is 36.8 Å². The lowest BCUT2D eigenvalue weighted by atomic mass is 10.2. The molecular weight excluding hydrogens is 431 g/mol. The molecule has 0 atom stereocenters. The fourth-order valence-electron chi connectivity index (χ4n) is 2.18. The minimum absolute atomic E-state index is 0.105. The molecule has 144 valence electrons. The highest BCUT2D eigenvalue weighted by atomic mass is 35.5. The van der Waals surface area contributed by atoms with Crippen LogP contribution in [0.4, 0.5) is 11.4 Å². The Morgan fingerprint density at radius 2 is 1.56 bits per heavy atom. The van der Waals surface area contributed by atoms with Crippen molar-refractivity contribution < 1.29 is 14.3 Å². The number of thioether (sulfide) groups is 1. The molecule has 2 amide bonds. The van der Waals surface area contributed by atoms with Gasteiger partial charge in [-0.25, -0.2) is 0 Å². The summed E-state index contributed by atoms with van der Waals surface area (Å²) >= 11 is 19.0. The van der Waals surface area contributed by atoms with E-state index in [1.54, 1.807) is 30.3 Å². The van der Waals surface area contributed by atoms with Crippen molar-refractivity contribution in [2.24, 2.45) is 0 Å². The first-order chi connectivity index (χ1) is 12.8. The third-order valence-corrected chi connectivity index (χ3v) is 5.14. The Hall–Kier alpha value is -1.60. The molecule has 0 aliphatic heterocycles. The molecule has 0 heterocycles. The molecular formula is C18H17Cl3N2O3S. The van der Waals surface area contributed by atoms with Crippen LogP contribution in [0.1, 0.15) is 5.56 Å². The largest absolute Gasteiger partial charge is 0.495 e. The number of rotatable bonds is 7. The third-order valence-electron chi connectivity index (χ3n) is 3.37. The second kappa shape index (κ2) is 10.1. The van der Waals surface area contributed by atoms with E-state index in [-0.39, 0.29) is 23.3 Å². The van der Waals surface area contributed by atoms with E-state index >= 15 is 0 Å². The van der Waals surface area contributed by atoms with E-state index in [4.69, 9.17) is 39.5 Å². The van der Waals surface area contributed by atoms with Crippen molar-refractivity contribution in [3.63, 3.8) is 0 Å². The van der Waals surface area contributed by atoms with Crippen LogP contribution < -0.4 is 15.4 Å². The monoisotopic (exact) mass is 446 g/mol. The van der Waals surface area contributed by atoms with Gasteiger partial charge in [-0.3, -0.25) is 9.59 Å². The van der Waals surface area contributed by atoms with Crippen molar-refractivity contribution in [2.45, 2.75) is 6.92 Å². The number of amides is 2. The SMILES string of the molecule is COc1cc(Cl)c(C)cc1NC(=O)CSCC(=O)Nc1cc(Cl)cc(Cl)c1. The summed E-state index contributed by atoms with van der Waals surface area (Å²) in [6.45, 7) is 1.83.